The van der Waals surface area contributed by atoms with Crippen molar-refractivity contribution in [2.75, 3.05) is 0 Å². The van der Waals surface area contributed by atoms with Crippen molar-refractivity contribution in [3.8, 4) is 5.75 Å². The van der Waals surface area contributed by atoms with Gasteiger partial charge in [0.15, 0.2) is 0 Å². The smallest absolute Gasteiger partial charge is 0.119 e. The fourth-order valence-corrected chi connectivity index (χ4v) is 3.66. The summed E-state index contributed by atoms with van der Waals surface area (Å²) in [5.74, 6) is 1.39. The van der Waals surface area contributed by atoms with Crippen LogP contribution in [0.3, 0.4) is 0 Å². The number of aryl methyl sites for hydroxylation is 1. The van der Waals surface area contributed by atoms with Gasteiger partial charge in [-0.15, -0.1) is 0 Å². The first-order chi connectivity index (χ1) is 11.8. The second-order valence-electron chi connectivity index (χ2n) is 6.28. The lowest BCUT2D eigenvalue weighted by molar-refractivity contribution is 0.306. The first kappa shape index (κ1) is 15.3. The maximum atomic E-state index is 6.11. The number of hydrogen-bond acceptors (Lipinski definition) is 1. The third-order valence-corrected chi connectivity index (χ3v) is 4.95. The van der Waals surface area contributed by atoms with Gasteiger partial charge in [-0.25, -0.2) is 0 Å². The van der Waals surface area contributed by atoms with Gasteiger partial charge in [0.25, 0.3) is 0 Å². The lowest BCUT2D eigenvalue weighted by Gasteiger charge is -2.13. The minimum atomic E-state index is 0.473. The van der Waals surface area contributed by atoms with Crippen LogP contribution in [0.4, 0.5) is 0 Å². The van der Waals surface area contributed by atoms with E-state index in [1.165, 1.54) is 22.3 Å². The Morgan fingerprint density at radius 3 is 2.50 bits per heavy atom. The molecule has 0 saturated heterocycles. The highest BCUT2D eigenvalue weighted by Gasteiger charge is 2.23. The van der Waals surface area contributed by atoms with E-state index in [9.17, 15) is 0 Å². The molecular weight excluding hydrogens is 316 g/mol. The molecule has 0 heterocycles. The predicted octanol–water partition coefficient (Wildman–Crippen LogP) is 6.00. The Labute approximate surface area is 147 Å². The number of rotatable bonds is 4. The first-order valence-corrected chi connectivity index (χ1v) is 8.72. The summed E-state index contributed by atoms with van der Waals surface area (Å²) in [6, 6.07) is 25.0. The minimum Gasteiger partial charge on any atom is -0.489 e. The molecule has 1 unspecified atom stereocenters. The molecule has 0 spiro atoms. The van der Waals surface area contributed by atoms with Gasteiger partial charge in [-0.2, -0.15) is 0 Å². The van der Waals surface area contributed by atoms with E-state index in [-0.39, 0.29) is 0 Å². The topological polar surface area (TPSA) is 9.23 Å². The summed E-state index contributed by atoms with van der Waals surface area (Å²) < 4.78 is 5.88. The molecule has 1 nitrogen and oxygen atoms in total. The second kappa shape index (κ2) is 6.70. The van der Waals surface area contributed by atoms with Crippen molar-refractivity contribution in [1.82, 2.24) is 0 Å². The molecule has 0 amide bonds. The predicted molar refractivity (Wildman–Crippen MR) is 98.8 cm³/mol. The van der Waals surface area contributed by atoms with Gasteiger partial charge in [-0.1, -0.05) is 60.1 Å². The lowest BCUT2D eigenvalue weighted by atomic mass is 9.93. The Kier molecular flexibility index (Phi) is 4.27. The van der Waals surface area contributed by atoms with E-state index in [1.54, 1.807) is 0 Å². The van der Waals surface area contributed by atoms with Crippen molar-refractivity contribution in [1.29, 1.82) is 0 Å². The number of hydrogen-bond donors (Lipinski definition) is 0. The molecule has 1 atom stereocenters. The molecule has 1 aliphatic rings. The van der Waals surface area contributed by atoms with Gasteiger partial charge < -0.3 is 4.74 Å². The maximum Gasteiger partial charge on any atom is 0.119 e. The van der Waals surface area contributed by atoms with Crippen molar-refractivity contribution < 1.29 is 4.74 Å². The highest BCUT2D eigenvalue weighted by molar-refractivity contribution is 6.30. The third kappa shape index (κ3) is 3.18. The van der Waals surface area contributed by atoms with Gasteiger partial charge in [0.1, 0.15) is 12.4 Å². The summed E-state index contributed by atoms with van der Waals surface area (Å²) in [5.41, 5.74) is 5.33. The Morgan fingerprint density at radius 2 is 1.71 bits per heavy atom. The quantitative estimate of drug-likeness (QED) is 0.568. The van der Waals surface area contributed by atoms with Gasteiger partial charge in [0.05, 0.1) is 0 Å². The molecule has 0 radical (unpaired) electrons. The lowest BCUT2D eigenvalue weighted by Crippen LogP contribution is -1.98. The Hall–Kier alpha value is -2.25. The van der Waals surface area contributed by atoms with Gasteiger partial charge >= 0.3 is 0 Å². The van der Waals surface area contributed by atoms with Crippen LogP contribution < -0.4 is 4.74 Å². The van der Waals surface area contributed by atoms with Gasteiger partial charge in [-0.3, -0.25) is 0 Å². The Morgan fingerprint density at radius 1 is 0.917 bits per heavy atom. The molecule has 0 aliphatic heterocycles. The normalized spacial score (nSPS) is 16.0. The summed E-state index contributed by atoms with van der Waals surface area (Å²) in [6.45, 7) is 0.602. The van der Waals surface area contributed by atoms with Crippen molar-refractivity contribution in [2.45, 2.75) is 25.4 Å². The molecule has 0 aromatic heterocycles. The molecule has 2 heteroatoms. The van der Waals surface area contributed by atoms with Crippen LogP contribution >= 0.6 is 11.6 Å². The van der Waals surface area contributed by atoms with E-state index in [0.717, 1.165) is 23.6 Å². The molecule has 120 valence electrons. The zero-order chi connectivity index (χ0) is 16.4. The fraction of sp³-hybridized carbons (Fsp3) is 0.182. The molecule has 0 saturated carbocycles. The van der Waals surface area contributed by atoms with Crippen LogP contribution in [0.25, 0.3) is 0 Å². The van der Waals surface area contributed by atoms with E-state index in [4.69, 9.17) is 16.3 Å². The standard InChI is InChI=1S/C22H19ClO/c23-19-9-13-22-18(14-19)8-12-21(22)17-6-10-20(11-7-17)24-15-16-4-2-1-3-5-16/h1-7,9-11,13-14,21H,8,12,15H2. The number of ether oxygens (including phenoxy) is 1. The van der Waals surface area contributed by atoms with Crippen LogP contribution in [-0.4, -0.2) is 0 Å². The van der Waals surface area contributed by atoms with Gasteiger partial charge in [0.2, 0.25) is 0 Å². The van der Waals surface area contributed by atoms with Crippen molar-refractivity contribution in [3.05, 3.63) is 100 Å². The van der Waals surface area contributed by atoms with Crippen molar-refractivity contribution >= 4 is 11.6 Å². The van der Waals surface area contributed by atoms with E-state index < -0.39 is 0 Å². The zero-order valence-corrected chi connectivity index (χ0v) is 14.2. The summed E-state index contributed by atoms with van der Waals surface area (Å²) in [5, 5.41) is 0.832. The van der Waals surface area contributed by atoms with Crippen LogP contribution in [0.1, 0.15) is 34.6 Å². The van der Waals surface area contributed by atoms with E-state index in [0.29, 0.717) is 12.5 Å². The fourth-order valence-electron chi connectivity index (χ4n) is 3.47. The van der Waals surface area contributed by atoms with E-state index in [1.807, 2.05) is 24.3 Å². The summed E-state index contributed by atoms with van der Waals surface area (Å²) in [6.07, 6.45) is 2.26. The maximum absolute atomic E-state index is 6.11. The number of fused-ring (bicyclic) bond motifs is 1. The molecule has 1 aliphatic carbocycles. The largest absolute Gasteiger partial charge is 0.489 e. The Bertz CT molecular complexity index is 824. The SMILES string of the molecule is Clc1ccc2c(c1)CCC2c1ccc(OCc2ccccc2)cc1. The van der Waals surface area contributed by atoms with Gasteiger partial charge in [-0.05, 0) is 59.4 Å². The number of benzene rings is 3. The van der Waals surface area contributed by atoms with Crippen LogP contribution in [0.2, 0.25) is 5.02 Å². The van der Waals surface area contributed by atoms with E-state index >= 15 is 0 Å². The highest BCUT2D eigenvalue weighted by Crippen LogP contribution is 2.39. The van der Waals surface area contributed by atoms with Crippen molar-refractivity contribution in [3.63, 3.8) is 0 Å². The molecule has 4 rings (SSSR count). The molecule has 24 heavy (non-hydrogen) atoms. The monoisotopic (exact) mass is 334 g/mol. The molecule has 0 N–H and O–H groups in total. The molecule has 3 aromatic carbocycles. The molecule has 0 fully saturated rings. The van der Waals surface area contributed by atoms with Gasteiger partial charge in [0, 0.05) is 10.9 Å². The van der Waals surface area contributed by atoms with Crippen molar-refractivity contribution in [2.24, 2.45) is 0 Å². The molecule has 0 bridgehead atoms. The molecular formula is C22H19ClO. The highest BCUT2D eigenvalue weighted by atomic mass is 35.5. The number of halogens is 1. The summed E-state index contributed by atoms with van der Waals surface area (Å²) >= 11 is 6.11. The second-order valence-corrected chi connectivity index (χ2v) is 6.71. The summed E-state index contributed by atoms with van der Waals surface area (Å²) in [7, 11) is 0. The summed E-state index contributed by atoms with van der Waals surface area (Å²) in [4.78, 5) is 0. The average Bonchev–Trinajstić information content (AvgIpc) is 3.04. The third-order valence-electron chi connectivity index (χ3n) is 4.71. The zero-order valence-electron chi connectivity index (χ0n) is 13.4. The minimum absolute atomic E-state index is 0.473. The molecule has 3 aromatic rings. The van der Waals surface area contributed by atoms with Crippen LogP contribution in [0.5, 0.6) is 5.75 Å². The van der Waals surface area contributed by atoms with Crippen LogP contribution in [-0.2, 0) is 13.0 Å². The van der Waals surface area contributed by atoms with Crippen LogP contribution in [0, 0.1) is 0 Å². The Balaban J connectivity index is 1.47. The average molecular weight is 335 g/mol. The van der Waals surface area contributed by atoms with E-state index in [2.05, 4.69) is 48.5 Å². The van der Waals surface area contributed by atoms with Crippen LogP contribution in [0.15, 0.2) is 72.8 Å². The first-order valence-electron chi connectivity index (χ1n) is 8.34.